The number of alkyl halides is 1. The van der Waals surface area contributed by atoms with Crippen LogP contribution in [-0.2, 0) is 25.5 Å². The Morgan fingerprint density at radius 2 is 2.19 bits per heavy atom. The molecule has 0 unspecified atom stereocenters. The lowest BCUT2D eigenvalue weighted by atomic mass is 9.73. The second kappa shape index (κ2) is 4.94. The number of nitrogens with one attached hydrogen (secondary N) is 1. The van der Waals surface area contributed by atoms with E-state index in [0.29, 0.717) is 6.54 Å². The van der Waals surface area contributed by atoms with E-state index in [1.807, 2.05) is 29.2 Å². The molecule has 5 atom stereocenters. The van der Waals surface area contributed by atoms with E-state index in [9.17, 15) is 9.59 Å². The second-order valence-corrected chi connectivity index (χ2v) is 9.40. The van der Waals surface area contributed by atoms with Crippen molar-refractivity contribution in [2.24, 2.45) is 11.8 Å². The first-order valence-corrected chi connectivity index (χ1v) is 10.2. The molecule has 1 aromatic heterocycles. The Labute approximate surface area is 169 Å². The standard InChI is InChI=1S/C20H17IN2O4/c1-26-18(25)14-13-17(24)23-9-6-11-10-4-2-3-5-12(10)22-15(11)16(23)19(13)7-8-20(14,21)27-19/h2-5,7-8,13-14,16,22H,6,9H2,1H3/t13-,14+,16-,19-,20-/m1/s1. The van der Waals surface area contributed by atoms with E-state index in [1.165, 1.54) is 18.1 Å². The monoisotopic (exact) mass is 476 g/mol. The van der Waals surface area contributed by atoms with Crippen LogP contribution in [-0.4, -0.2) is 44.6 Å². The minimum Gasteiger partial charge on any atom is -0.469 e. The van der Waals surface area contributed by atoms with Crippen LogP contribution in [0.5, 0.6) is 0 Å². The molecule has 138 valence electrons. The zero-order chi connectivity index (χ0) is 18.6. The van der Waals surface area contributed by atoms with Crippen LogP contribution in [0.4, 0.5) is 0 Å². The fourth-order valence-electron chi connectivity index (χ4n) is 5.61. The first-order chi connectivity index (χ1) is 13.0. The van der Waals surface area contributed by atoms with Gasteiger partial charge in [0, 0.05) is 23.1 Å². The third-order valence-electron chi connectivity index (χ3n) is 6.61. The molecule has 27 heavy (non-hydrogen) atoms. The molecule has 1 amide bonds. The molecule has 4 aliphatic rings. The Kier molecular flexibility index (Phi) is 2.95. The highest BCUT2D eigenvalue weighted by Gasteiger charge is 2.76. The van der Waals surface area contributed by atoms with Crippen LogP contribution in [0, 0.1) is 11.8 Å². The number of amides is 1. The third-order valence-corrected chi connectivity index (χ3v) is 7.86. The molecule has 2 saturated heterocycles. The van der Waals surface area contributed by atoms with Crippen LogP contribution in [0.25, 0.3) is 10.9 Å². The summed E-state index contributed by atoms with van der Waals surface area (Å²) in [6.45, 7) is 0.635. The number of benzene rings is 1. The lowest BCUT2D eigenvalue weighted by molar-refractivity contribution is -0.151. The Hall–Kier alpha value is -1.87. The second-order valence-electron chi connectivity index (χ2n) is 7.71. The maximum absolute atomic E-state index is 13.4. The van der Waals surface area contributed by atoms with Gasteiger partial charge in [0.15, 0.2) is 3.61 Å². The maximum atomic E-state index is 13.4. The van der Waals surface area contributed by atoms with E-state index >= 15 is 0 Å². The molecule has 6 nitrogen and oxygen atoms in total. The normalized spacial score (nSPS) is 38.2. The quantitative estimate of drug-likeness (QED) is 0.297. The number of carbonyl (C=O) groups is 2. The number of aromatic nitrogens is 1. The summed E-state index contributed by atoms with van der Waals surface area (Å²) < 4.78 is 10.7. The molecular weight excluding hydrogens is 459 g/mol. The molecule has 1 N–H and O–H groups in total. The molecular formula is C20H17IN2O4. The van der Waals surface area contributed by atoms with E-state index in [2.05, 4.69) is 39.7 Å². The number of halogens is 1. The first kappa shape index (κ1) is 16.1. The number of rotatable bonds is 1. The van der Waals surface area contributed by atoms with Gasteiger partial charge in [-0.1, -0.05) is 18.2 Å². The fraction of sp³-hybridized carbons (Fsp3) is 0.400. The maximum Gasteiger partial charge on any atom is 0.313 e. The smallest absolute Gasteiger partial charge is 0.313 e. The Morgan fingerprint density at radius 3 is 3.00 bits per heavy atom. The SMILES string of the molecule is COC(=O)[C@@H]1[C@@H]2C(=O)N3CCc4c([nH]c5ccccc45)[C@@H]3[C@@]23C=C[C@@]1(I)O3. The van der Waals surface area contributed by atoms with Gasteiger partial charge in [-0.05, 0) is 52.8 Å². The summed E-state index contributed by atoms with van der Waals surface area (Å²) in [7, 11) is 1.37. The van der Waals surface area contributed by atoms with Crippen molar-refractivity contribution >= 4 is 45.4 Å². The highest BCUT2D eigenvalue weighted by Crippen LogP contribution is 2.66. The minimum absolute atomic E-state index is 0.0115. The van der Waals surface area contributed by atoms with Gasteiger partial charge in [0.25, 0.3) is 0 Å². The lowest BCUT2D eigenvalue weighted by Gasteiger charge is -2.36. The molecule has 1 aromatic carbocycles. The zero-order valence-electron chi connectivity index (χ0n) is 14.6. The van der Waals surface area contributed by atoms with Crippen LogP contribution in [0.2, 0.25) is 0 Å². The minimum atomic E-state index is -0.832. The molecule has 1 spiro atoms. The van der Waals surface area contributed by atoms with Gasteiger partial charge >= 0.3 is 5.97 Å². The summed E-state index contributed by atoms with van der Waals surface area (Å²) in [6.07, 6.45) is 4.73. The van der Waals surface area contributed by atoms with Crippen molar-refractivity contribution in [1.82, 2.24) is 9.88 Å². The van der Waals surface area contributed by atoms with E-state index < -0.39 is 21.0 Å². The van der Waals surface area contributed by atoms with Crippen molar-refractivity contribution in [3.8, 4) is 0 Å². The number of para-hydroxylation sites is 1. The number of fused-ring (bicyclic) bond motifs is 6. The number of carbonyl (C=O) groups excluding carboxylic acids is 2. The summed E-state index contributed by atoms with van der Waals surface area (Å²) in [4.78, 5) is 31.4. The van der Waals surface area contributed by atoms with Gasteiger partial charge in [-0.3, -0.25) is 9.59 Å². The van der Waals surface area contributed by atoms with E-state index in [-0.39, 0.29) is 17.9 Å². The van der Waals surface area contributed by atoms with Crippen molar-refractivity contribution in [2.75, 3.05) is 13.7 Å². The highest BCUT2D eigenvalue weighted by atomic mass is 127. The Morgan fingerprint density at radius 1 is 1.37 bits per heavy atom. The van der Waals surface area contributed by atoms with E-state index in [1.54, 1.807) is 0 Å². The molecule has 7 heteroatoms. The fourth-order valence-corrected chi connectivity index (χ4v) is 6.78. The molecule has 0 radical (unpaired) electrons. The summed E-state index contributed by atoms with van der Waals surface area (Å²) >= 11 is 2.15. The topological polar surface area (TPSA) is 71.6 Å². The highest BCUT2D eigenvalue weighted by molar-refractivity contribution is 14.1. The molecule has 0 saturated carbocycles. The number of ether oxygens (including phenoxy) is 2. The number of nitrogens with zero attached hydrogens (tertiary/aromatic N) is 1. The largest absolute Gasteiger partial charge is 0.469 e. The van der Waals surface area contributed by atoms with Crippen molar-refractivity contribution < 1.29 is 19.1 Å². The van der Waals surface area contributed by atoms with Crippen LogP contribution in [0.3, 0.4) is 0 Å². The van der Waals surface area contributed by atoms with Crippen molar-refractivity contribution in [3.63, 3.8) is 0 Å². The number of hydrogen-bond donors (Lipinski definition) is 1. The van der Waals surface area contributed by atoms with Gasteiger partial charge in [0.2, 0.25) is 5.91 Å². The molecule has 5 heterocycles. The predicted molar refractivity (Wildman–Crippen MR) is 105 cm³/mol. The number of esters is 1. The Bertz CT molecular complexity index is 1060. The molecule has 0 aliphatic carbocycles. The van der Waals surface area contributed by atoms with Crippen molar-refractivity contribution in [3.05, 3.63) is 47.7 Å². The average Bonchev–Trinajstić information content (AvgIpc) is 3.35. The van der Waals surface area contributed by atoms with E-state index in [4.69, 9.17) is 9.47 Å². The van der Waals surface area contributed by atoms with Gasteiger partial charge < -0.3 is 19.4 Å². The summed E-state index contributed by atoms with van der Waals surface area (Å²) in [6, 6.07) is 7.98. The third kappa shape index (κ3) is 1.71. The van der Waals surface area contributed by atoms with Gasteiger partial charge in [0.1, 0.15) is 17.6 Å². The van der Waals surface area contributed by atoms with Crippen molar-refractivity contribution in [1.29, 1.82) is 0 Å². The average molecular weight is 476 g/mol. The summed E-state index contributed by atoms with van der Waals surface area (Å²) in [5.41, 5.74) is 2.53. The van der Waals surface area contributed by atoms with Gasteiger partial charge in [0.05, 0.1) is 13.0 Å². The lowest BCUT2D eigenvalue weighted by Crippen LogP contribution is -2.42. The zero-order valence-corrected chi connectivity index (χ0v) is 16.7. The van der Waals surface area contributed by atoms with Gasteiger partial charge in [-0.15, -0.1) is 0 Å². The summed E-state index contributed by atoms with van der Waals surface area (Å²) in [5, 5.41) is 1.20. The number of H-pyrrole nitrogens is 1. The predicted octanol–water partition coefficient (Wildman–Crippen LogP) is 2.48. The van der Waals surface area contributed by atoms with Crippen LogP contribution < -0.4 is 0 Å². The molecule has 2 bridgehead atoms. The molecule has 2 fully saturated rings. The van der Waals surface area contributed by atoms with Crippen LogP contribution in [0.15, 0.2) is 36.4 Å². The van der Waals surface area contributed by atoms with Crippen LogP contribution in [0.1, 0.15) is 17.3 Å². The van der Waals surface area contributed by atoms with Gasteiger partial charge in [-0.25, -0.2) is 0 Å². The molecule has 4 aliphatic heterocycles. The molecule has 2 aromatic rings. The number of hydrogen-bond acceptors (Lipinski definition) is 4. The Balaban J connectivity index is 1.58. The van der Waals surface area contributed by atoms with E-state index in [0.717, 1.165) is 17.6 Å². The number of methoxy groups -OCH3 is 1. The van der Waals surface area contributed by atoms with Crippen molar-refractivity contribution in [2.45, 2.75) is 21.7 Å². The molecule has 6 rings (SSSR count). The summed E-state index contributed by atoms with van der Waals surface area (Å²) in [5.74, 6) is -1.57. The van der Waals surface area contributed by atoms with Gasteiger partial charge in [-0.2, -0.15) is 0 Å². The number of aromatic amines is 1. The first-order valence-electron chi connectivity index (χ1n) is 9.07. The van der Waals surface area contributed by atoms with Crippen LogP contribution >= 0.6 is 22.6 Å².